The largest absolute Gasteiger partial charge is 0.464 e. The molecule has 0 saturated carbocycles. The summed E-state index contributed by atoms with van der Waals surface area (Å²) in [6.45, 7) is 9.00. The fourth-order valence-electron chi connectivity index (χ4n) is 3.44. The van der Waals surface area contributed by atoms with Crippen molar-refractivity contribution < 1.29 is 9.21 Å². The zero-order chi connectivity index (χ0) is 18.5. The van der Waals surface area contributed by atoms with Gasteiger partial charge < -0.3 is 15.1 Å². The zero-order valence-electron chi connectivity index (χ0n) is 15.9. The van der Waals surface area contributed by atoms with Gasteiger partial charge in [-0.05, 0) is 56.9 Å². The molecular weight excluding hydrogens is 326 g/mol. The number of aryl methyl sites for hydroxylation is 2. The van der Waals surface area contributed by atoms with Crippen molar-refractivity contribution in [3.8, 4) is 0 Å². The van der Waals surface area contributed by atoms with Gasteiger partial charge in [0.15, 0.2) is 0 Å². The molecule has 2 heterocycles. The molecule has 5 heteroatoms. The van der Waals surface area contributed by atoms with Crippen LogP contribution in [0.5, 0.6) is 0 Å². The number of nitrogens with zero attached hydrogens (tertiary/aromatic N) is 1. The van der Waals surface area contributed by atoms with Crippen LogP contribution in [0.15, 0.2) is 40.8 Å². The van der Waals surface area contributed by atoms with Gasteiger partial charge >= 0.3 is 6.03 Å². The van der Waals surface area contributed by atoms with Crippen molar-refractivity contribution in [2.75, 3.05) is 13.1 Å². The lowest BCUT2D eigenvalue weighted by atomic mass is 10.0. The first-order valence-electron chi connectivity index (χ1n) is 9.41. The molecule has 0 bridgehead atoms. The van der Waals surface area contributed by atoms with Crippen molar-refractivity contribution in [1.29, 1.82) is 0 Å². The molecule has 1 fully saturated rings. The van der Waals surface area contributed by atoms with E-state index in [0.29, 0.717) is 0 Å². The number of carbonyl (C=O) groups is 1. The Morgan fingerprint density at radius 2 is 1.92 bits per heavy atom. The smallest absolute Gasteiger partial charge is 0.315 e. The lowest BCUT2D eigenvalue weighted by Gasteiger charge is -2.32. The van der Waals surface area contributed by atoms with Crippen molar-refractivity contribution in [3.63, 3.8) is 0 Å². The summed E-state index contributed by atoms with van der Waals surface area (Å²) in [6.07, 6.45) is 1.96. The molecule has 1 aliphatic heterocycles. The number of urea groups is 1. The predicted octanol–water partition coefficient (Wildman–Crippen LogP) is 3.92. The number of rotatable bonds is 5. The first-order chi connectivity index (χ1) is 12.5. The molecule has 140 valence electrons. The molecule has 0 aliphatic carbocycles. The molecule has 5 nitrogen and oxygen atoms in total. The van der Waals surface area contributed by atoms with E-state index in [1.165, 1.54) is 11.1 Å². The Bertz CT molecular complexity index is 732. The van der Waals surface area contributed by atoms with Crippen LogP contribution in [0.4, 0.5) is 4.79 Å². The third-order valence-corrected chi connectivity index (χ3v) is 5.11. The van der Waals surface area contributed by atoms with Gasteiger partial charge in [-0.15, -0.1) is 0 Å². The van der Waals surface area contributed by atoms with Crippen molar-refractivity contribution in [2.45, 2.75) is 52.2 Å². The Hall–Kier alpha value is -2.27. The fraction of sp³-hybridized carbons (Fsp3) is 0.476. The molecule has 3 rings (SSSR count). The summed E-state index contributed by atoms with van der Waals surface area (Å²) in [5, 5.41) is 6.06. The zero-order valence-corrected chi connectivity index (χ0v) is 15.9. The highest BCUT2D eigenvalue weighted by molar-refractivity contribution is 5.74. The van der Waals surface area contributed by atoms with Crippen LogP contribution >= 0.6 is 0 Å². The molecule has 0 spiro atoms. The van der Waals surface area contributed by atoms with Crippen molar-refractivity contribution in [3.05, 3.63) is 59.0 Å². The van der Waals surface area contributed by atoms with Gasteiger partial charge in [0, 0.05) is 25.7 Å². The van der Waals surface area contributed by atoms with E-state index in [1.807, 2.05) is 26.0 Å². The van der Waals surface area contributed by atoms with Crippen LogP contribution in [-0.2, 0) is 6.54 Å². The Morgan fingerprint density at radius 3 is 2.58 bits per heavy atom. The summed E-state index contributed by atoms with van der Waals surface area (Å²) in [4.78, 5) is 14.7. The Morgan fingerprint density at radius 1 is 1.19 bits per heavy atom. The first-order valence-corrected chi connectivity index (χ1v) is 9.41. The third kappa shape index (κ3) is 4.88. The maximum atomic E-state index is 12.2. The monoisotopic (exact) mass is 355 g/mol. The van der Waals surface area contributed by atoms with Gasteiger partial charge in [-0.1, -0.05) is 24.3 Å². The molecule has 1 saturated heterocycles. The highest BCUT2D eigenvalue weighted by Gasteiger charge is 2.22. The molecule has 2 amide bonds. The number of piperidine rings is 1. The Kier molecular flexibility index (Phi) is 5.99. The van der Waals surface area contributed by atoms with Gasteiger partial charge in [0.25, 0.3) is 0 Å². The summed E-state index contributed by atoms with van der Waals surface area (Å²) >= 11 is 0. The van der Waals surface area contributed by atoms with E-state index in [2.05, 4.69) is 46.7 Å². The number of likely N-dealkylation sites (tertiary alicyclic amines) is 1. The number of amides is 2. The number of carbonyl (C=O) groups excluding carboxylic acids is 1. The second-order valence-electron chi connectivity index (χ2n) is 7.26. The maximum Gasteiger partial charge on any atom is 0.315 e. The summed E-state index contributed by atoms with van der Waals surface area (Å²) < 4.78 is 5.57. The second-order valence-corrected chi connectivity index (χ2v) is 7.26. The number of hydrogen-bond acceptors (Lipinski definition) is 3. The van der Waals surface area contributed by atoms with Crippen molar-refractivity contribution >= 4 is 6.03 Å². The van der Waals surface area contributed by atoms with Crippen LogP contribution in [0.1, 0.15) is 48.5 Å². The van der Waals surface area contributed by atoms with Crippen LogP contribution in [0.25, 0.3) is 0 Å². The molecule has 0 radical (unpaired) electrons. The standard InChI is InChI=1S/C21H29N3O2/c1-15-6-4-5-7-18(15)14-24-12-10-19(11-13-24)23-21(25)22-17(3)20-9-8-16(2)26-20/h4-9,17,19H,10-14H2,1-3H3,(H2,22,23,25). The van der Waals surface area contributed by atoms with Gasteiger partial charge in [0.2, 0.25) is 0 Å². The summed E-state index contributed by atoms with van der Waals surface area (Å²) in [5.41, 5.74) is 2.73. The minimum absolute atomic E-state index is 0.121. The number of nitrogens with one attached hydrogen (secondary N) is 2. The SMILES string of the molecule is Cc1ccc(C(C)NC(=O)NC2CCN(Cc3ccccc3C)CC2)o1. The average Bonchev–Trinajstić information content (AvgIpc) is 3.05. The summed E-state index contributed by atoms with van der Waals surface area (Å²) in [7, 11) is 0. The van der Waals surface area contributed by atoms with Gasteiger partial charge in [-0.3, -0.25) is 4.90 Å². The first kappa shape index (κ1) is 18.5. The van der Waals surface area contributed by atoms with Crippen LogP contribution in [-0.4, -0.2) is 30.1 Å². The molecule has 1 aromatic heterocycles. The van der Waals surface area contributed by atoms with E-state index in [1.54, 1.807) is 0 Å². The van der Waals surface area contributed by atoms with Crippen LogP contribution < -0.4 is 10.6 Å². The van der Waals surface area contributed by atoms with Crippen LogP contribution in [0.2, 0.25) is 0 Å². The third-order valence-electron chi connectivity index (χ3n) is 5.11. The quantitative estimate of drug-likeness (QED) is 0.855. The highest BCUT2D eigenvalue weighted by atomic mass is 16.3. The highest BCUT2D eigenvalue weighted by Crippen LogP contribution is 2.17. The molecule has 2 N–H and O–H groups in total. The van der Waals surface area contributed by atoms with E-state index in [0.717, 1.165) is 44.0 Å². The summed E-state index contributed by atoms with van der Waals surface area (Å²) in [6, 6.07) is 12.3. The Balaban J connectivity index is 1.42. The molecule has 1 aromatic carbocycles. The van der Waals surface area contributed by atoms with Crippen LogP contribution in [0.3, 0.4) is 0 Å². The van der Waals surface area contributed by atoms with Crippen molar-refractivity contribution in [2.24, 2.45) is 0 Å². The average molecular weight is 355 g/mol. The normalized spacial score (nSPS) is 17.0. The minimum atomic E-state index is -0.134. The van der Waals surface area contributed by atoms with Gasteiger partial charge in [-0.2, -0.15) is 0 Å². The van der Waals surface area contributed by atoms with Crippen molar-refractivity contribution in [1.82, 2.24) is 15.5 Å². The second kappa shape index (κ2) is 8.41. The van der Waals surface area contributed by atoms with Gasteiger partial charge in [0.05, 0.1) is 6.04 Å². The van der Waals surface area contributed by atoms with E-state index in [9.17, 15) is 4.79 Å². The topological polar surface area (TPSA) is 57.5 Å². The van der Waals surface area contributed by atoms with E-state index in [-0.39, 0.29) is 18.1 Å². The minimum Gasteiger partial charge on any atom is -0.464 e. The van der Waals surface area contributed by atoms with E-state index >= 15 is 0 Å². The molecule has 2 aromatic rings. The molecule has 26 heavy (non-hydrogen) atoms. The predicted molar refractivity (Wildman–Crippen MR) is 103 cm³/mol. The lowest BCUT2D eigenvalue weighted by Crippen LogP contribution is -2.48. The molecular formula is C21H29N3O2. The van der Waals surface area contributed by atoms with Gasteiger partial charge in [-0.25, -0.2) is 4.79 Å². The van der Waals surface area contributed by atoms with Crippen LogP contribution in [0, 0.1) is 13.8 Å². The maximum absolute atomic E-state index is 12.2. The molecule has 1 unspecified atom stereocenters. The van der Waals surface area contributed by atoms with E-state index < -0.39 is 0 Å². The molecule has 1 aliphatic rings. The number of benzene rings is 1. The number of furan rings is 1. The van der Waals surface area contributed by atoms with E-state index in [4.69, 9.17) is 4.42 Å². The fourth-order valence-corrected chi connectivity index (χ4v) is 3.44. The lowest BCUT2D eigenvalue weighted by molar-refractivity contribution is 0.185. The Labute approximate surface area is 155 Å². The van der Waals surface area contributed by atoms with Gasteiger partial charge in [0.1, 0.15) is 11.5 Å². The summed E-state index contributed by atoms with van der Waals surface area (Å²) in [5.74, 6) is 1.64. The number of hydrogen-bond donors (Lipinski definition) is 2. The molecule has 1 atom stereocenters.